The van der Waals surface area contributed by atoms with Gasteiger partial charge in [-0.15, -0.1) is 5.10 Å². The molecule has 0 radical (unpaired) electrons. The van der Waals surface area contributed by atoms with Crippen LogP contribution in [0, 0.1) is 5.82 Å². The molecule has 1 N–H and O–H groups in total. The minimum absolute atomic E-state index is 0.0797. The third-order valence-corrected chi connectivity index (χ3v) is 5.32. The Morgan fingerprint density at radius 3 is 2.34 bits per heavy atom. The Morgan fingerprint density at radius 1 is 0.969 bits per heavy atom. The van der Waals surface area contributed by atoms with Crippen LogP contribution in [0.4, 0.5) is 10.1 Å². The Bertz CT molecular complexity index is 1190. The van der Waals surface area contributed by atoms with E-state index in [4.69, 9.17) is 0 Å². The van der Waals surface area contributed by atoms with Crippen LogP contribution in [0.2, 0.25) is 0 Å². The summed E-state index contributed by atoms with van der Waals surface area (Å²) in [6.45, 7) is 0.284. The monoisotopic (exact) mass is 446 g/mol. The van der Waals surface area contributed by atoms with Gasteiger partial charge in [-0.05, 0) is 40.9 Å². The molecule has 0 saturated carbocycles. The molecular formula is C24H19FN4O2S. The van der Waals surface area contributed by atoms with E-state index in [9.17, 15) is 14.0 Å². The van der Waals surface area contributed by atoms with Crippen molar-refractivity contribution in [3.05, 3.63) is 113 Å². The zero-order valence-electron chi connectivity index (χ0n) is 16.9. The first kappa shape index (κ1) is 21.3. The van der Waals surface area contributed by atoms with E-state index in [1.54, 1.807) is 30.3 Å². The second kappa shape index (κ2) is 9.93. The third-order valence-electron chi connectivity index (χ3n) is 4.82. The number of aromatic nitrogens is 2. The molecule has 1 heterocycles. The molecule has 0 aliphatic rings. The highest BCUT2D eigenvalue weighted by Gasteiger charge is 2.34. The average Bonchev–Trinajstić information content (AvgIpc) is 3.37. The molecule has 160 valence electrons. The van der Waals surface area contributed by atoms with Crippen LogP contribution in [0.5, 0.6) is 0 Å². The van der Waals surface area contributed by atoms with E-state index >= 15 is 0 Å². The highest BCUT2D eigenvalue weighted by molar-refractivity contribution is 7.03. The number of benzene rings is 3. The van der Waals surface area contributed by atoms with Crippen LogP contribution in [0.1, 0.15) is 27.7 Å². The number of anilines is 1. The maximum Gasteiger partial charge on any atom is 0.280 e. The van der Waals surface area contributed by atoms with Crippen LogP contribution in [-0.4, -0.2) is 21.4 Å². The lowest BCUT2D eigenvalue weighted by Gasteiger charge is -2.31. The molecule has 8 heteroatoms. The third kappa shape index (κ3) is 4.87. The summed E-state index contributed by atoms with van der Waals surface area (Å²) in [5.41, 5.74) is 1.82. The van der Waals surface area contributed by atoms with Crippen molar-refractivity contribution in [2.45, 2.75) is 12.6 Å². The van der Waals surface area contributed by atoms with Gasteiger partial charge in [0, 0.05) is 17.6 Å². The topological polar surface area (TPSA) is 75.2 Å². The van der Waals surface area contributed by atoms with Crippen molar-refractivity contribution >= 4 is 29.0 Å². The Morgan fingerprint density at radius 2 is 1.69 bits per heavy atom. The number of carbonyl (C=O) groups is 2. The van der Waals surface area contributed by atoms with Gasteiger partial charge in [0.05, 0.1) is 0 Å². The minimum atomic E-state index is -1.05. The number of amides is 2. The standard InChI is InChI=1S/C24H19FN4O2S/c25-19-12-7-13-20(14-19)29(24(31)21-16-32-28-27-21)22(18-10-5-2-6-11-18)23(30)26-15-17-8-3-1-4-9-17/h1-14,16,22H,15H2,(H,26,30). The largest absolute Gasteiger partial charge is 0.350 e. The summed E-state index contributed by atoms with van der Waals surface area (Å²) in [5.74, 6) is -1.47. The van der Waals surface area contributed by atoms with Gasteiger partial charge < -0.3 is 5.32 Å². The molecule has 1 atom stereocenters. The predicted octanol–water partition coefficient (Wildman–Crippen LogP) is 4.38. The fourth-order valence-corrected chi connectivity index (χ4v) is 3.76. The smallest absolute Gasteiger partial charge is 0.280 e. The van der Waals surface area contributed by atoms with Gasteiger partial charge in [0.2, 0.25) is 5.91 Å². The van der Waals surface area contributed by atoms with Gasteiger partial charge in [-0.3, -0.25) is 14.5 Å². The number of carbonyl (C=O) groups excluding carboxylic acids is 2. The van der Waals surface area contributed by atoms with Crippen molar-refractivity contribution in [3.63, 3.8) is 0 Å². The van der Waals surface area contributed by atoms with E-state index in [2.05, 4.69) is 14.9 Å². The second-order valence-corrected chi connectivity index (χ2v) is 7.57. The van der Waals surface area contributed by atoms with Crippen molar-refractivity contribution in [1.82, 2.24) is 14.9 Å². The SMILES string of the molecule is O=C(NCc1ccccc1)C(c1ccccc1)N(C(=O)c1csnn1)c1cccc(F)c1. The second-order valence-electron chi connectivity index (χ2n) is 6.96. The molecule has 6 nitrogen and oxygen atoms in total. The zero-order valence-corrected chi connectivity index (χ0v) is 17.7. The van der Waals surface area contributed by atoms with Crippen LogP contribution >= 0.6 is 11.5 Å². The molecule has 4 aromatic rings. The first-order chi connectivity index (χ1) is 15.6. The first-order valence-electron chi connectivity index (χ1n) is 9.86. The van der Waals surface area contributed by atoms with E-state index in [0.29, 0.717) is 5.56 Å². The van der Waals surface area contributed by atoms with Crippen molar-refractivity contribution in [1.29, 1.82) is 0 Å². The highest BCUT2D eigenvalue weighted by Crippen LogP contribution is 2.30. The molecule has 32 heavy (non-hydrogen) atoms. The number of nitrogens with one attached hydrogen (secondary N) is 1. The molecule has 0 fully saturated rings. The average molecular weight is 447 g/mol. The first-order valence-corrected chi connectivity index (χ1v) is 10.7. The Hall–Kier alpha value is -3.91. The normalized spacial score (nSPS) is 11.5. The van der Waals surface area contributed by atoms with E-state index < -0.39 is 23.7 Å². The summed E-state index contributed by atoms with van der Waals surface area (Å²) in [7, 11) is 0. The summed E-state index contributed by atoms with van der Waals surface area (Å²) in [6.07, 6.45) is 0. The van der Waals surface area contributed by atoms with Crippen molar-refractivity contribution in [3.8, 4) is 0 Å². The van der Waals surface area contributed by atoms with Gasteiger partial charge in [0.1, 0.15) is 11.9 Å². The summed E-state index contributed by atoms with van der Waals surface area (Å²) in [5, 5.41) is 8.27. The Labute approximate surface area is 188 Å². The molecule has 0 aliphatic carbocycles. The molecule has 1 unspecified atom stereocenters. The fourth-order valence-electron chi connectivity index (χ4n) is 3.33. The van der Waals surface area contributed by atoms with Crippen LogP contribution in [-0.2, 0) is 11.3 Å². The van der Waals surface area contributed by atoms with Gasteiger partial charge in [-0.25, -0.2) is 4.39 Å². The van der Waals surface area contributed by atoms with Gasteiger partial charge in [-0.1, -0.05) is 71.2 Å². The lowest BCUT2D eigenvalue weighted by molar-refractivity contribution is -0.122. The summed E-state index contributed by atoms with van der Waals surface area (Å²) < 4.78 is 17.9. The summed E-state index contributed by atoms with van der Waals surface area (Å²) >= 11 is 1.02. The van der Waals surface area contributed by atoms with Crippen LogP contribution < -0.4 is 10.2 Å². The Balaban J connectivity index is 1.76. The number of nitrogens with zero attached hydrogens (tertiary/aromatic N) is 3. The number of hydrogen-bond acceptors (Lipinski definition) is 5. The van der Waals surface area contributed by atoms with Crippen LogP contribution in [0.25, 0.3) is 0 Å². The van der Waals surface area contributed by atoms with Crippen molar-refractivity contribution in [2.24, 2.45) is 0 Å². The van der Waals surface area contributed by atoms with Crippen molar-refractivity contribution < 1.29 is 14.0 Å². The van der Waals surface area contributed by atoms with Gasteiger partial charge in [0.15, 0.2) is 5.69 Å². The molecule has 2 amide bonds. The molecule has 0 spiro atoms. The lowest BCUT2D eigenvalue weighted by Crippen LogP contribution is -2.44. The number of hydrogen-bond donors (Lipinski definition) is 1. The van der Waals surface area contributed by atoms with Crippen LogP contribution in [0.3, 0.4) is 0 Å². The molecule has 0 saturated heterocycles. The molecule has 3 aromatic carbocycles. The maximum atomic E-state index is 14.1. The molecule has 0 bridgehead atoms. The predicted molar refractivity (Wildman–Crippen MR) is 121 cm³/mol. The van der Waals surface area contributed by atoms with E-state index in [-0.39, 0.29) is 17.9 Å². The maximum absolute atomic E-state index is 14.1. The van der Waals surface area contributed by atoms with E-state index in [0.717, 1.165) is 17.1 Å². The minimum Gasteiger partial charge on any atom is -0.350 e. The lowest BCUT2D eigenvalue weighted by atomic mass is 10.0. The zero-order chi connectivity index (χ0) is 22.3. The molecule has 1 aromatic heterocycles. The van der Waals surface area contributed by atoms with Gasteiger partial charge in [0.25, 0.3) is 5.91 Å². The highest BCUT2D eigenvalue weighted by atomic mass is 32.1. The van der Waals surface area contributed by atoms with Crippen molar-refractivity contribution in [2.75, 3.05) is 4.90 Å². The van der Waals surface area contributed by atoms with Gasteiger partial charge in [-0.2, -0.15) is 0 Å². The Kier molecular flexibility index (Phi) is 6.62. The van der Waals surface area contributed by atoms with E-state index in [1.807, 2.05) is 36.4 Å². The summed E-state index contributed by atoms with van der Waals surface area (Å²) in [6, 6.07) is 22.9. The molecular weight excluding hydrogens is 427 g/mol. The number of rotatable bonds is 7. The van der Waals surface area contributed by atoms with Gasteiger partial charge >= 0.3 is 0 Å². The van der Waals surface area contributed by atoms with Crippen LogP contribution in [0.15, 0.2) is 90.3 Å². The fraction of sp³-hybridized carbons (Fsp3) is 0.0833. The summed E-state index contributed by atoms with van der Waals surface area (Å²) in [4.78, 5) is 28.2. The quantitative estimate of drug-likeness (QED) is 0.457. The number of halogens is 1. The van der Waals surface area contributed by atoms with E-state index in [1.165, 1.54) is 28.5 Å². The molecule has 4 rings (SSSR count). The molecule has 0 aliphatic heterocycles.